The zero-order valence-corrected chi connectivity index (χ0v) is 8.30. The highest BCUT2D eigenvalue weighted by Crippen LogP contribution is 2.24. The first-order valence-corrected chi connectivity index (χ1v) is 5.34. The first-order valence-electron chi connectivity index (χ1n) is 5.34. The summed E-state index contributed by atoms with van der Waals surface area (Å²) in [5.41, 5.74) is 0.900. The maximum Gasteiger partial charge on any atom is 0.125 e. The summed E-state index contributed by atoms with van der Waals surface area (Å²) in [5.74, 6) is 0.625. The molecule has 1 aromatic carbocycles. The van der Waals surface area contributed by atoms with Gasteiger partial charge in [-0.1, -0.05) is 18.9 Å². The van der Waals surface area contributed by atoms with Crippen molar-refractivity contribution in [1.82, 2.24) is 0 Å². The van der Waals surface area contributed by atoms with Gasteiger partial charge in [0.15, 0.2) is 0 Å². The third-order valence-corrected chi connectivity index (χ3v) is 2.89. The van der Waals surface area contributed by atoms with Crippen LogP contribution in [0.15, 0.2) is 24.3 Å². The highest BCUT2D eigenvalue weighted by Gasteiger charge is 2.14. The summed E-state index contributed by atoms with van der Waals surface area (Å²) in [4.78, 5) is 0. The van der Waals surface area contributed by atoms with E-state index >= 15 is 0 Å². The molecule has 0 aromatic heterocycles. The van der Waals surface area contributed by atoms with E-state index in [9.17, 15) is 4.39 Å². The molecular weight excluding hydrogens is 177 g/mol. The average Bonchev–Trinajstić information content (AvgIpc) is 2.67. The lowest BCUT2D eigenvalue weighted by Gasteiger charge is -2.11. The van der Waals surface area contributed by atoms with Gasteiger partial charge in [-0.15, -0.1) is 0 Å². The molecule has 1 aliphatic rings. The second-order valence-electron chi connectivity index (χ2n) is 4.04. The van der Waals surface area contributed by atoms with Crippen LogP contribution in [0, 0.1) is 11.7 Å². The van der Waals surface area contributed by atoms with Gasteiger partial charge in [-0.2, -0.15) is 0 Å². The average molecular weight is 193 g/mol. The largest absolute Gasteiger partial charge is 0.385 e. The Labute approximate surface area is 84.3 Å². The molecule has 0 spiro atoms. The van der Waals surface area contributed by atoms with Gasteiger partial charge >= 0.3 is 0 Å². The number of rotatable bonds is 3. The van der Waals surface area contributed by atoms with Crippen LogP contribution in [-0.2, 0) is 0 Å². The Kier molecular flexibility index (Phi) is 3.02. The molecule has 14 heavy (non-hydrogen) atoms. The molecule has 0 atom stereocenters. The lowest BCUT2D eigenvalue weighted by molar-refractivity contribution is 0.579. The van der Waals surface area contributed by atoms with Crippen molar-refractivity contribution >= 4 is 5.69 Å². The lowest BCUT2D eigenvalue weighted by Crippen LogP contribution is -2.10. The van der Waals surface area contributed by atoms with Gasteiger partial charge in [0.25, 0.3) is 0 Å². The van der Waals surface area contributed by atoms with Crippen LogP contribution in [0.4, 0.5) is 10.1 Å². The Morgan fingerprint density at radius 2 is 2.07 bits per heavy atom. The molecule has 0 heterocycles. The number of hydrogen-bond acceptors (Lipinski definition) is 1. The molecule has 0 unspecified atom stereocenters. The van der Waals surface area contributed by atoms with Crippen molar-refractivity contribution < 1.29 is 4.39 Å². The molecule has 0 aliphatic heterocycles. The first kappa shape index (κ1) is 9.50. The summed E-state index contributed by atoms with van der Waals surface area (Å²) in [6.45, 7) is 0.990. The second-order valence-corrected chi connectivity index (χ2v) is 4.04. The van der Waals surface area contributed by atoms with Crippen molar-refractivity contribution in [3.8, 4) is 0 Å². The number of nitrogens with one attached hydrogen (secondary N) is 1. The normalized spacial score (nSPS) is 17.2. The minimum absolute atomic E-state index is 0.165. The van der Waals surface area contributed by atoms with E-state index in [-0.39, 0.29) is 5.82 Å². The molecule has 1 fully saturated rings. The van der Waals surface area contributed by atoms with E-state index in [0.717, 1.165) is 18.2 Å². The maximum atomic E-state index is 12.8. The molecule has 2 rings (SSSR count). The maximum absolute atomic E-state index is 12.8. The molecule has 76 valence electrons. The Morgan fingerprint density at radius 1 is 1.29 bits per heavy atom. The van der Waals surface area contributed by atoms with Crippen LogP contribution in [0.3, 0.4) is 0 Å². The van der Waals surface area contributed by atoms with Gasteiger partial charge in [-0.05, 0) is 37.0 Å². The Bertz CT molecular complexity index is 292. The van der Waals surface area contributed by atoms with E-state index in [1.807, 2.05) is 6.07 Å². The Balaban J connectivity index is 1.85. The van der Waals surface area contributed by atoms with Crippen molar-refractivity contribution in [2.24, 2.45) is 5.92 Å². The number of halogens is 1. The molecule has 1 saturated carbocycles. The molecule has 0 bridgehead atoms. The lowest BCUT2D eigenvalue weighted by atomic mass is 10.1. The fourth-order valence-corrected chi connectivity index (χ4v) is 2.08. The van der Waals surface area contributed by atoms with Gasteiger partial charge in [-0.3, -0.25) is 0 Å². The summed E-state index contributed by atoms with van der Waals surface area (Å²) in [7, 11) is 0. The second kappa shape index (κ2) is 4.45. The van der Waals surface area contributed by atoms with E-state index in [1.165, 1.54) is 31.7 Å². The van der Waals surface area contributed by atoms with Gasteiger partial charge in [0.2, 0.25) is 0 Å². The molecule has 1 aliphatic carbocycles. The van der Waals surface area contributed by atoms with Crippen molar-refractivity contribution in [3.63, 3.8) is 0 Å². The van der Waals surface area contributed by atoms with Crippen LogP contribution in [0.25, 0.3) is 0 Å². The fourth-order valence-electron chi connectivity index (χ4n) is 2.08. The summed E-state index contributed by atoms with van der Waals surface area (Å²) < 4.78 is 12.8. The van der Waals surface area contributed by atoms with E-state index < -0.39 is 0 Å². The summed E-state index contributed by atoms with van der Waals surface area (Å²) in [5, 5.41) is 3.29. The standard InChI is InChI=1S/C12H16FN/c13-11-6-3-7-12(8-11)14-9-10-4-1-2-5-10/h3,6-8,10,14H,1-2,4-5,9H2. The first-order chi connectivity index (χ1) is 6.84. The van der Waals surface area contributed by atoms with Crippen LogP contribution < -0.4 is 5.32 Å². The van der Waals surface area contributed by atoms with Crippen LogP contribution in [0.5, 0.6) is 0 Å². The molecule has 2 heteroatoms. The van der Waals surface area contributed by atoms with Gasteiger partial charge in [0.05, 0.1) is 0 Å². The summed E-state index contributed by atoms with van der Waals surface area (Å²) in [6.07, 6.45) is 5.36. The number of anilines is 1. The van der Waals surface area contributed by atoms with E-state index in [4.69, 9.17) is 0 Å². The van der Waals surface area contributed by atoms with Gasteiger partial charge in [0.1, 0.15) is 5.82 Å². The zero-order chi connectivity index (χ0) is 9.80. The number of hydrogen-bond donors (Lipinski definition) is 1. The topological polar surface area (TPSA) is 12.0 Å². The van der Waals surface area contributed by atoms with Crippen molar-refractivity contribution in [2.75, 3.05) is 11.9 Å². The van der Waals surface area contributed by atoms with Crippen molar-refractivity contribution in [1.29, 1.82) is 0 Å². The van der Waals surface area contributed by atoms with Gasteiger partial charge in [0, 0.05) is 12.2 Å². The van der Waals surface area contributed by atoms with E-state index in [1.54, 1.807) is 12.1 Å². The third kappa shape index (κ3) is 2.47. The highest BCUT2D eigenvalue weighted by molar-refractivity contribution is 5.42. The molecular formula is C12H16FN. The molecule has 0 saturated heterocycles. The van der Waals surface area contributed by atoms with Crippen molar-refractivity contribution in [2.45, 2.75) is 25.7 Å². The van der Waals surface area contributed by atoms with E-state index in [2.05, 4.69) is 5.32 Å². The molecule has 1 N–H and O–H groups in total. The van der Waals surface area contributed by atoms with Crippen molar-refractivity contribution in [3.05, 3.63) is 30.1 Å². The number of benzene rings is 1. The minimum Gasteiger partial charge on any atom is -0.385 e. The predicted molar refractivity (Wildman–Crippen MR) is 56.8 cm³/mol. The Morgan fingerprint density at radius 3 is 2.79 bits per heavy atom. The predicted octanol–water partition coefficient (Wildman–Crippen LogP) is 3.43. The SMILES string of the molecule is Fc1cccc(NCC2CCCC2)c1. The van der Waals surface area contributed by atoms with Crippen LogP contribution in [-0.4, -0.2) is 6.54 Å². The monoisotopic (exact) mass is 193 g/mol. The van der Waals surface area contributed by atoms with Crippen LogP contribution in [0.2, 0.25) is 0 Å². The summed E-state index contributed by atoms with van der Waals surface area (Å²) >= 11 is 0. The zero-order valence-electron chi connectivity index (χ0n) is 8.30. The molecule has 1 nitrogen and oxygen atoms in total. The van der Waals surface area contributed by atoms with Gasteiger partial charge in [-0.25, -0.2) is 4.39 Å². The smallest absolute Gasteiger partial charge is 0.125 e. The fraction of sp³-hybridized carbons (Fsp3) is 0.500. The quantitative estimate of drug-likeness (QED) is 0.775. The molecule has 0 amide bonds. The highest BCUT2D eigenvalue weighted by atomic mass is 19.1. The molecule has 0 radical (unpaired) electrons. The third-order valence-electron chi connectivity index (χ3n) is 2.89. The Hall–Kier alpha value is -1.05. The minimum atomic E-state index is -0.165. The van der Waals surface area contributed by atoms with Crippen LogP contribution in [0.1, 0.15) is 25.7 Å². The van der Waals surface area contributed by atoms with E-state index in [0.29, 0.717) is 0 Å². The summed E-state index contributed by atoms with van der Waals surface area (Å²) in [6, 6.07) is 6.68. The molecule has 1 aromatic rings. The van der Waals surface area contributed by atoms with Crippen LogP contribution >= 0.6 is 0 Å². The van der Waals surface area contributed by atoms with Gasteiger partial charge < -0.3 is 5.32 Å².